The second kappa shape index (κ2) is 3.91. The van der Waals surface area contributed by atoms with Crippen LogP contribution in [0.15, 0.2) is 12.1 Å². The molecule has 0 heterocycles. The molecule has 0 aromatic heterocycles. The molecule has 76 valence electrons. The Morgan fingerprint density at radius 3 is 2.79 bits per heavy atom. The summed E-state index contributed by atoms with van der Waals surface area (Å²) in [6, 6.07) is 2.05. The zero-order valence-corrected chi connectivity index (χ0v) is 7.49. The van der Waals surface area contributed by atoms with E-state index in [4.69, 9.17) is 10.5 Å². The van der Waals surface area contributed by atoms with E-state index >= 15 is 0 Å². The van der Waals surface area contributed by atoms with Crippen LogP contribution >= 0.6 is 0 Å². The Hall–Kier alpha value is -1.85. The maximum absolute atomic E-state index is 13.1. The van der Waals surface area contributed by atoms with E-state index in [2.05, 4.69) is 0 Å². The van der Waals surface area contributed by atoms with Crippen LogP contribution in [0.4, 0.5) is 15.8 Å². The number of rotatable bonds is 3. The van der Waals surface area contributed by atoms with Gasteiger partial charge in [-0.2, -0.15) is 0 Å². The molecule has 5 nitrogen and oxygen atoms in total. The number of hydrogen-bond acceptors (Lipinski definition) is 4. The van der Waals surface area contributed by atoms with Gasteiger partial charge >= 0.3 is 5.69 Å². The highest BCUT2D eigenvalue weighted by molar-refractivity contribution is 5.57. The van der Waals surface area contributed by atoms with E-state index in [1.807, 2.05) is 0 Å². The van der Waals surface area contributed by atoms with Crippen LogP contribution in [0.1, 0.15) is 6.92 Å². The molecule has 0 bridgehead atoms. The molecule has 2 N–H and O–H groups in total. The highest BCUT2D eigenvalue weighted by Crippen LogP contribution is 2.32. The van der Waals surface area contributed by atoms with Gasteiger partial charge in [0.25, 0.3) is 0 Å². The number of nitrogens with zero attached hydrogens (tertiary/aromatic N) is 1. The first-order chi connectivity index (χ1) is 6.56. The number of nitro groups is 1. The van der Waals surface area contributed by atoms with Gasteiger partial charge in [0.05, 0.1) is 11.5 Å². The van der Waals surface area contributed by atoms with Gasteiger partial charge < -0.3 is 10.5 Å². The van der Waals surface area contributed by atoms with E-state index in [1.165, 1.54) is 0 Å². The molecule has 0 aliphatic heterocycles. The summed E-state index contributed by atoms with van der Waals surface area (Å²) in [5.41, 5.74) is 4.81. The lowest BCUT2D eigenvalue weighted by molar-refractivity contribution is -0.386. The molecular formula is C8H9FN2O3. The van der Waals surface area contributed by atoms with E-state index < -0.39 is 16.4 Å². The SMILES string of the molecule is CCOc1c(F)cc(N)cc1[N+](=O)[O-]. The third-order valence-electron chi connectivity index (χ3n) is 1.53. The molecule has 1 rings (SSSR count). The van der Waals surface area contributed by atoms with Crippen molar-refractivity contribution >= 4 is 11.4 Å². The minimum absolute atomic E-state index is 0.00217. The summed E-state index contributed by atoms with van der Waals surface area (Å²) >= 11 is 0. The third kappa shape index (κ3) is 1.90. The predicted octanol–water partition coefficient (Wildman–Crippen LogP) is 1.71. The molecule has 0 aliphatic rings. The highest BCUT2D eigenvalue weighted by atomic mass is 19.1. The quantitative estimate of drug-likeness (QED) is 0.457. The molecule has 0 radical (unpaired) electrons. The van der Waals surface area contributed by atoms with Gasteiger partial charge in [0.2, 0.25) is 5.75 Å². The number of halogens is 1. The molecular weight excluding hydrogens is 191 g/mol. The largest absolute Gasteiger partial charge is 0.485 e. The molecule has 1 aromatic rings. The number of nitrogen functional groups attached to an aromatic ring is 1. The number of nitro benzene ring substituents is 1. The van der Waals surface area contributed by atoms with Crippen molar-refractivity contribution in [2.75, 3.05) is 12.3 Å². The summed E-state index contributed by atoms with van der Waals surface area (Å²) in [4.78, 5) is 9.77. The Balaban J connectivity index is 3.28. The van der Waals surface area contributed by atoms with Crippen molar-refractivity contribution in [3.8, 4) is 5.75 Å². The maximum atomic E-state index is 13.1. The summed E-state index contributed by atoms with van der Waals surface area (Å²) in [6.45, 7) is 1.77. The Morgan fingerprint density at radius 2 is 2.29 bits per heavy atom. The smallest absolute Gasteiger partial charge is 0.316 e. The van der Waals surface area contributed by atoms with E-state index in [9.17, 15) is 14.5 Å². The molecule has 0 amide bonds. The summed E-state index contributed by atoms with van der Waals surface area (Å²) in [5, 5.41) is 10.5. The van der Waals surface area contributed by atoms with Crippen molar-refractivity contribution in [1.29, 1.82) is 0 Å². The zero-order chi connectivity index (χ0) is 10.7. The van der Waals surface area contributed by atoms with Gasteiger partial charge in [0.15, 0.2) is 5.82 Å². The van der Waals surface area contributed by atoms with Gasteiger partial charge in [-0.1, -0.05) is 0 Å². The van der Waals surface area contributed by atoms with Crippen LogP contribution in [0.2, 0.25) is 0 Å². The van der Waals surface area contributed by atoms with Crippen LogP contribution in [0.3, 0.4) is 0 Å². The standard InChI is InChI=1S/C8H9FN2O3/c1-2-14-8-6(9)3-5(10)4-7(8)11(12)13/h3-4H,2,10H2,1H3. The summed E-state index contributed by atoms with van der Waals surface area (Å²) in [7, 11) is 0. The van der Waals surface area contributed by atoms with Gasteiger partial charge in [-0.25, -0.2) is 4.39 Å². The number of anilines is 1. The van der Waals surface area contributed by atoms with Gasteiger partial charge in [0.1, 0.15) is 0 Å². The van der Waals surface area contributed by atoms with E-state index in [-0.39, 0.29) is 18.0 Å². The third-order valence-corrected chi connectivity index (χ3v) is 1.53. The predicted molar refractivity (Wildman–Crippen MR) is 48.6 cm³/mol. The first kappa shape index (κ1) is 10.2. The molecule has 0 fully saturated rings. The average molecular weight is 200 g/mol. The summed E-state index contributed by atoms with van der Waals surface area (Å²) in [5.74, 6) is -1.19. The number of ether oxygens (including phenoxy) is 1. The Labute approximate surface area is 79.4 Å². The second-order valence-electron chi connectivity index (χ2n) is 2.54. The lowest BCUT2D eigenvalue weighted by Gasteiger charge is -2.05. The number of benzene rings is 1. The Kier molecular flexibility index (Phi) is 2.85. The molecule has 14 heavy (non-hydrogen) atoms. The average Bonchev–Trinajstić information content (AvgIpc) is 2.09. The van der Waals surface area contributed by atoms with E-state index in [0.717, 1.165) is 12.1 Å². The molecule has 0 unspecified atom stereocenters. The minimum Gasteiger partial charge on any atom is -0.485 e. The van der Waals surface area contributed by atoms with Gasteiger partial charge in [0, 0.05) is 17.8 Å². The van der Waals surface area contributed by atoms with Crippen LogP contribution in [-0.2, 0) is 0 Å². The van der Waals surface area contributed by atoms with Crippen LogP contribution in [0.25, 0.3) is 0 Å². The van der Waals surface area contributed by atoms with Crippen molar-refractivity contribution in [1.82, 2.24) is 0 Å². The van der Waals surface area contributed by atoms with E-state index in [1.54, 1.807) is 6.92 Å². The summed E-state index contributed by atoms with van der Waals surface area (Å²) < 4.78 is 18.0. The molecule has 0 saturated heterocycles. The lowest BCUT2D eigenvalue weighted by Crippen LogP contribution is -2.01. The first-order valence-corrected chi connectivity index (χ1v) is 3.92. The van der Waals surface area contributed by atoms with Crippen molar-refractivity contribution in [3.63, 3.8) is 0 Å². The fourth-order valence-electron chi connectivity index (χ4n) is 1.02. The van der Waals surface area contributed by atoms with Crippen molar-refractivity contribution < 1.29 is 14.1 Å². The normalized spacial score (nSPS) is 9.86. The number of nitrogens with two attached hydrogens (primary N) is 1. The molecule has 0 saturated carbocycles. The fourth-order valence-corrected chi connectivity index (χ4v) is 1.02. The molecule has 1 aromatic carbocycles. The minimum atomic E-state index is -0.821. The van der Waals surface area contributed by atoms with Crippen molar-refractivity contribution in [3.05, 3.63) is 28.1 Å². The Morgan fingerprint density at radius 1 is 1.64 bits per heavy atom. The zero-order valence-electron chi connectivity index (χ0n) is 7.49. The van der Waals surface area contributed by atoms with Crippen LogP contribution in [0.5, 0.6) is 5.75 Å². The van der Waals surface area contributed by atoms with Crippen LogP contribution in [0, 0.1) is 15.9 Å². The lowest BCUT2D eigenvalue weighted by atomic mass is 10.2. The van der Waals surface area contributed by atoms with Gasteiger partial charge in [-0.15, -0.1) is 0 Å². The molecule has 0 aliphatic carbocycles. The number of hydrogen-bond donors (Lipinski definition) is 1. The second-order valence-corrected chi connectivity index (χ2v) is 2.54. The highest BCUT2D eigenvalue weighted by Gasteiger charge is 2.20. The van der Waals surface area contributed by atoms with E-state index in [0.29, 0.717) is 0 Å². The first-order valence-electron chi connectivity index (χ1n) is 3.92. The molecule has 0 spiro atoms. The maximum Gasteiger partial charge on any atom is 0.316 e. The summed E-state index contributed by atoms with van der Waals surface area (Å²) in [6.07, 6.45) is 0. The van der Waals surface area contributed by atoms with Crippen molar-refractivity contribution in [2.45, 2.75) is 6.92 Å². The van der Waals surface area contributed by atoms with Crippen LogP contribution < -0.4 is 10.5 Å². The molecule has 0 atom stereocenters. The Bertz CT molecular complexity index is 368. The van der Waals surface area contributed by atoms with Crippen LogP contribution in [-0.4, -0.2) is 11.5 Å². The topological polar surface area (TPSA) is 78.4 Å². The fraction of sp³-hybridized carbons (Fsp3) is 0.250. The molecule has 6 heteroatoms. The van der Waals surface area contributed by atoms with Gasteiger partial charge in [-0.05, 0) is 6.92 Å². The van der Waals surface area contributed by atoms with Gasteiger partial charge in [-0.3, -0.25) is 10.1 Å². The van der Waals surface area contributed by atoms with Crippen molar-refractivity contribution in [2.24, 2.45) is 0 Å². The monoisotopic (exact) mass is 200 g/mol.